The summed E-state index contributed by atoms with van der Waals surface area (Å²) in [6, 6.07) is 10.5. The van der Waals surface area contributed by atoms with Crippen molar-refractivity contribution in [3.63, 3.8) is 0 Å². The average Bonchev–Trinajstić information content (AvgIpc) is 2.99. The van der Waals surface area contributed by atoms with Crippen LogP contribution >= 0.6 is 0 Å². The highest BCUT2D eigenvalue weighted by molar-refractivity contribution is 5.87. The average molecular weight is 338 g/mol. The van der Waals surface area contributed by atoms with Crippen LogP contribution in [0.25, 0.3) is 11.0 Å². The summed E-state index contributed by atoms with van der Waals surface area (Å²) >= 11 is 0. The molecule has 132 valence electrons. The zero-order valence-corrected chi connectivity index (χ0v) is 15.3. The van der Waals surface area contributed by atoms with E-state index in [9.17, 15) is 0 Å². The fourth-order valence-electron chi connectivity index (χ4n) is 2.68. The second kappa shape index (κ2) is 7.51. The summed E-state index contributed by atoms with van der Waals surface area (Å²) in [5, 5.41) is 12.1. The number of hydrogen-bond donors (Lipinski definition) is 2. The summed E-state index contributed by atoms with van der Waals surface area (Å²) in [6.07, 6.45) is 1.81. The van der Waals surface area contributed by atoms with Gasteiger partial charge in [0.15, 0.2) is 5.65 Å². The summed E-state index contributed by atoms with van der Waals surface area (Å²) < 4.78 is 1.78. The highest BCUT2D eigenvalue weighted by Crippen LogP contribution is 2.22. The summed E-state index contributed by atoms with van der Waals surface area (Å²) in [7, 11) is 1.90. The maximum Gasteiger partial charge on any atom is 0.226 e. The van der Waals surface area contributed by atoms with Gasteiger partial charge < -0.3 is 10.6 Å². The van der Waals surface area contributed by atoms with E-state index in [1.807, 2.05) is 19.3 Å². The minimum atomic E-state index is 0.374. The molecule has 0 unspecified atom stereocenters. The Kier molecular flexibility index (Phi) is 5.16. The lowest BCUT2D eigenvalue weighted by atomic mass is 10.0. The molecule has 0 aliphatic carbocycles. The molecule has 0 saturated carbocycles. The van der Waals surface area contributed by atoms with Crippen LogP contribution < -0.4 is 10.6 Å². The molecule has 0 aliphatic rings. The number of anilines is 2. The molecular weight excluding hydrogens is 312 g/mol. The lowest BCUT2D eigenvalue weighted by molar-refractivity contribution is 0.687. The van der Waals surface area contributed by atoms with Crippen molar-refractivity contribution in [2.45, 2.75) is 26.7 Å². The van der Waals surface area contributed by atoms with Crippen LogP contribution in [0.2, 0.25) is 0 Å². The van der Waals surface area contributed by atoms with E-state index in [0.717, 1.165) is 29.9 Å². The van der Waals surface area contributed by atoms with E-state index >= 15 is 0 Å². The Labute approximate surface area is 148 Å². The normalized spacial score (nSPS) is 12.5. The molecule has 0 saturated heterocycles. The van der Waals surface area contributed by atoms with Crippen molar-refractivity contribution >= 4 is 22.8 Å². The maximum atomic E-state index is 4.67. The van der Waals surface area contributed by atoms with Crippen LogP contribution in [0, 0.1) is 5.92 Å². The number of fused-ring (bicyclic) bond motifs is 1. The fraction of sp³-hybridized carbons (Fsp3) is 0.421. The number of hydrogen-bond acceptors (Lipinski definition) is 5. The first-order valence-corrected chi connectivity index (χ1v) is 8.77. The van der Waals surface area contributed by atoms with Crippen molar-refractivity contribution in [2.75, 3.05) is 23.7 Å². The van der Waals surface area contributed by atoms with Gasteiger partial charge in [0.1, 0.15) is 5.82 Å². The lowest BCUT2D eigenvalue weighted by Gasteiger charge is -2.15. The first kappa shape index (κ1) is 17.2. The third-order valence-electron chi connectivity index (χ3n) is 4.20. The molecule has 0 radical (unpaired) electrons. The van der Waals surface area contributed by atoms with Crippen molar-refractivity contribution in [3.8, 4) is 0 Å². The van der Waals surface area contributed by atoms with Crippen LogP contribution in [0.15, 0.2) is 36.5 Å². The van der Waals surface area contributed by atoms with Crippen LogP contribution in [-0.4, -0.2) is 32.8 Å². The van der Waals surface area contributed by atoms with Crippen LogP contribution in [0.5, 0.6) is 0 Å². The monoisotopic (exact) mass is 338 g/mol. The van der Waals surface area contributed by atoms with E-state index in [-0.39, 0.29) is 0 Å². The summed E-state index contributed by atoms with van der Waals surface area (Å²) in [6.45, 7) is 8.19. The number of aryl methyl sites for hydroxylation is 1. The number of rotatable bonds is 7. The van der Waals surface area contributed by atoms with E-state index in [1.54, 1.807) is 4.68 Å². The van der Waals surface area contributed by atoms with Gasteiger partial charge in [-0.05, 0) is 17.4 Å². The Morgan fingerprint density at radius 2 is 1.76 bits per heavy atom. The zero-order chi connectivity index (χ0) is 17.8. The van der Waals surface area contributed by atoms with Crippen LogP contribution in [0.1, 0.15) is 32.3 Å². The molecule has 25 heavy (non-hydrogen) atoms. The molecule has 6 heteroatoms. The SMILES string of the molecule is CC(C)CNc1nc(NC[C@H](C)c2ccccc2)nc2c1cnn2C. The molecule has 6 nitrogen and oxygen atoms in total. The van der Waals surface area contributed by atoms with E-state index in [1.165, 1.54) is 5.56 Å². The van der Waals surface area contributed by atoms with Gasteiger partial charge in [-0.3, -0.25) is 4.68 Å². The second-order valence-corrected chi connectivity index (χ2v) is 6.87. The number of benzene rings is 1. The minimum absolute atomic E-state index is 0.374. The van der Waals surface area contributed by atoms with Gasteiger partial charge in [0.2, 0.25) is 5.95 Å². The molecule has 2 N–H and O–H groups in total. The lowest BCUT2D eigenvalue weighted by Crippen LogP contribution is -2.15. The molecule has 0 bridgehead atoms. The topological polar surface area (TPSA) is 67.7 Å². The molecule has 0 fully saturated rings. The Hall–Kier alpha value is -2.63. The molecule has 2 aromatic heterocycles. The van der Waals surface area contributed by atoms with Gasteiger partial charge in [0, 0.05) is 20.1 Å². The van der Waals surface area contributed by atoms with E-state index in [2.05, 4.69) is 70.7 Å². The fourth-order valence-corrected chi connectivity index (χ4v) is 2.68. The van der Waals surface area contributed by atoms with Crippen LogP contribution in [0.4, 0.5) is 11.8 Å². The Bertz CT molecular complexity index is 825. The highest BCUT2D eigenvalue weighted by atomic mass is 15.3. The van der Waals surface area contributed by atoms with Gasteiger partial charge in [-0.15, -0.1) is 0 Å². The Morgan fingerprint density at radius 3 is 2.48 bits per heavy atom. The van der Waals surface area contributed by atoms with Gasteiger partial charge in [-0.1, -0.05) is 51.1 Å². The van der Waals surface area contributed by atoms with E-state index in [4.69, 9.17) is 0 Å². The third kappa shape index (κ3) is 4.07. The molecule has 1 atom stereocenters. The quantitative estimate of drug-likeness (QED) is 0.688. The second-order valence-electron chi connectivity index (χ2n) is 6.87. The number of nitrogens with zero attached hydrogens (tertiary/aromatic N) is 4. The van der Waals surface area contributed by atoms with E-state index in [0.29, 0.717) is 17.8 Å². The predicted molar refractivity (Wildman–Crippen MR) is 103 cm³/mol. The Balaban J connectivity index is 1.79. The maximum absolute atomic E-state index is 4.67. The van der Waals surface area contributed by atoms with E-state index < -0.39 is 0 Å². The molecule has 0 aliphatic heterocycles. The standard InChI is InChI=1S/C19H26N6/c1-13(2)10-20-17-16-12-22-25(4)18(16)24-19(23-17)21-11-14(3)15-8-6-5-7-9-15/h5-9,12-14H,10-11H2,1-4H3,(H2,20,21,23,24)/t14-/m0/s1. The van der Waals surface area contributed by atoms with Crippen molar-refractivity contribution < 1.29 is 0 Å². The van der Waals surface area contributed by atoms with Crippen molar-refractivity contribution in [1.82, 2.24) is 19.7 Å². The van der Waals surface area contributed by atoms with Gasteiger partial charge in [0.25, 0.3) is 0 Å². The van der Waals surface area contributed by atoms with Gasteiger partial charge in [-0.25, -0.2) is 0 Å². The third-order valence-corrected chi connectivity index (χ3v) is 4.20. The first-order valence-electron chi connectivity index (χ1n) is 8.77. The van der Waals surface area contributed by atoms with Gasteiger partial charge in [0.05, 0.1) is 11.6 Å². The molecule has 0 amide bonds. The molecule has 2 heterocycles. The molecular formula is C19H26N6. The van der Waals surface area contributed by atoms with Crippen LogP contribution in [-0.2, 0) is 7.05 Å². The summed E-state index contributed by atoms with van der Waals surface area (Å²) in [5.41, 5.74) is 2.13. The minimum Gasteiger partial charge on any atom is -0.369 e. The Morgan fingerprint density at radius 1 is 1.00 bits per heavy atom. The summed E-state index contributed by atoms with van der Waals surface area (Å²) in [4.78, 5) is 9.29. The van der Waals surface area contributed by atoms with Crippen molar-refractivity contribution in [2.24, 2.45) is 13.0 Å². The number of aromatic nitrogens is 4. The number of nitrogens with one attached hydrogen (secondary N) is 2. The highest BCUT2D eigenvalue weighted by Gasteiger charge is 2.13. The van der Waals surface area contributed by atoms with Gasteiger partial charge in [-0.2, -0.15) is 15.1 Å². The van der Waals surface area contributed by atoms with Crippen molar-refractivity contribution in [1.29, 1.82) is 0 Å². The molecule has 0 spiro atoms. The largest absolute Gasteiger partial charge is 0.369 e. The predicted octanol–water partition coefficient (Wildman–Crippen LogP) is 3.65. The molecule has 3 aromatic rings. The smallest absolute Gasteiger partial charge is 0.226 e. The molecule has 3 rings (SSSR count). The van der Waals surface area contributed by atoms with Gasteiger partial charge >= 0.3 is 0 Å². The zero-order valence-electron chi connectivity index (χ0n) is 15.3. The molecule has 1 aromatic carbocycles. The first-order chi connectivity index (χ1) is 12.0. The van der Waals surface area contributed by atoms with Crippen molar-refractivity contribution in [3.05, 3.63) is 42.1 Å². The van der Waals surface area contributed by atoms with Crippen LogP contribution in [0.3, 0.4) is 0 Å². The summed E-state index contributed by atoms with van der Waals surface area (Å²) in [5.74, 6) is 2.38.